The number of carbonyl (C=O) groups is 1. The minimum absolute atomic E-state index is 0.338. The molecule has 0 spiro atoms. The molecule has 0 amide bonds. The normalized spacial score (nSPS) is 16.3. The number of ketones is 1. The molecule has 0 aliphatic heterocycles. The third-order valence-electron chi connectivity index (χ3n) is 4.23. The van der Waals surface area contributed by atoms with Gasteiger partial charge in [-0.05, 0) is 18.1 Å². The van der Waals surface area contributed by atoms with Crippen LogP contribution in [0.15, 0.2) is 24.3 Å². The Hall–Kier alpha value is -1.64. The van der Waals surface area contributed by atoms with Crippen LogP contribution in [0, 0.1) is 5.92 Å². The monoisotopic (exact) mass is 256 g/mol. The lowest BCUT2D eigenvalue weighted by Gasteiger charge is -2.07. The minimum atomic E-state index is 0.338. The Labute approximate surface area is 113 Å². The Kier molecular flexibility index (Phi) is 3.36. The van der Waals surface area contributed by atoms with Crippen molar-refractivity contribution in [1.82, 2.24) is 9.55 Å². The first-order valence-corrected chi connectivity index (χ1v) is 7.16. The van der Waals surface area contributed by atoms with Crippen molar-refractivity contribution in [3.05, 3.63) is 30.1 Å². The van der Waals surface area contributed by atoms with Gasteiger partial charge in [-0.3, -0.25) is 4.79 Å². The van der Waals surface area contributed by atoms with Gasteiger partial charge in [0.2, 0.25) is 0 Å². The van der Waals surface area contributed by atoms with Gasteiger partial charge < -0.3 is 4.57 Å². The highest BCUT2D eigenvalue weighted by molar-refractivity contribution is 5.82. The largest absolute Gasteiger partial charge is 0.331 e. The van der Waals surface area contributed by atoms with Crippen LogP contribution < -0.4 is 0 Å². The van der Waals surface area contributed by atoms with Crippen LogP contribution in [0.1, 0.15) is 37.9 Å². The van der Waals surface area contributed by atoms with E-state index in [4.69, 9.17) is 0 Å². The molecule has 3 rings (SSSR count). The Morgan fingerprint density at radius 1 is 1.32 bits per heavy atom. The summed E-state index contributed by atoms with van der Waals surface area (Å²) in [7, 11) is 1.99. The number of hydrogen-bond acceptors (Lipinski definition) is 2. The van der Waals surface area contributed by atoms with Crippen molar-refractivity contribution >= 4 is 16.8 Å². The van der Waals surface area contributed by atoms with Crippen LogP contribution in [0.4, 0.5) is 0 Å². The quantitative estimate of drug-likeness (QED) is 0.841. The van der Waals surface area contributed by atoms with Crippen molar-refractivity contribution < 1.29 is 4.79 Å². The molecule has 0 bridgehead atoms. The molecular formula is C16H20N2O. The molecule has 3 nitrogen and oxygen atoms in total. The number of benzene rings is 1. The predicted octanol–water partition coefficient (Wildman–Crippen LogP) is 3.27. The van der Waals surface area contributed by atoms with E-state index in [1.54, 1.807) is 0 Å². The number of fused-ring (bicyclic) bond motifs is 1. The third-order valence-corrected chi connectivity index (χ3v) is 4.23. The van der Waals surface area contributed by atoms with E-state index < -0.39 is 0 Å². The zero-order valence-corrected chi connectivity index (χ0v) is 11.4. The van der Waals surface area contributed by atoms with Gasteiger partial charge in [-0.2, -0.15) is 0 Å². The number of hydrogen-bond donors (Lipinski definition) is 0. The highest BCUT2D eigenvalue weighted by Gasteiger charge is 2.19. The van der Waals surface area contributed by atoms with Crippen LogP contribution in [-0.2, 0) is 18.3 Å². The lowest BCUT2D eigenvalue weighted by atomic mass is 9.99. The van der Waals surface area contributed by atoms with Crippen molar-refractivity contribution in [3.8, 4) is 0 Å². The second-order valence-electron chi connectivity index (χ2n) is 5.65. The molecule has 1 heterocycles. The summed E-state index contributed by atoms with van der Waals surface area (Å²) in [5.41, 5.74) is 2.08. The van der Waals surface area contributed by atoms with E-state index in [-0.39, 0.29) is 0 Å². The van der Waals surface area contributed by atoms with E-state index in [0.29, 0.717) is 18.1 Å². The number of rotatable bonds is 4. The molecule has 1 aliphatic rings. The molecule has 100 valence electrons. The predicted molar refractivity (Wildman–Crippen MR) is 76.0 cm³/mol. The highest BCUT2D eigenvalue weighted by Crippen LogP contribution is 2.28. The van der Waals surface area contributed by atoms with Crippen LogP contribution in [0.3, 0.4) is 0 Å². The van der Waals surface area contributed by atoms with Gasteiger partial charge in [0.25, 0.3) is 0 Å². The van der Waals surface area contributed by atoms with Gasteiger partial charge in [-0.1, -0.05) is 37.8 Å². The van der Waals surface area contributed by atoms with Crippen molar-refractivity contribution in [2.45, 2.75) is 38.5 Å². The van der Waals surface area contributed by atoms with Crippen LogP contribution in [-0.4, -0.2) is 15.3 Å². The number of aromatic nitrogens is 2. The van der Waals surface area contributed by atoms with Crippen LogP contribution >= 0.6 is 0 Å². The van der Waals surface area contributed by atoms with E-state index in [1.807, 2.05) is 35.9 Å². The maximum Gasteiger partial charge on any atom is 0.140 e. The van der Waals surface area contributed by atoms with Crippen molar-refractivity contribution in [2.24, 2.45) is 13.0 Å². The third kappa shape index (κ3) is 2.55. The molecule has 0 N–H and O–H groups in total. The first-order chi connectivity index (χ1) is 9.24. The summed E-state index contributed by atoms with van der Waals surface area (Å²) in [5, 5.41) is 0. The number of imidazole rings is 1. The van der Waals surface area contributed by atoms with Gasteiger partial charge in [0, 0.05) is 13.5 Å². The summed E-state index contributed by atoms with van der Waals surface area (Å²) in [6.07, 6.45) is 6.27. The molecule has 1 fully saturated rings. The fourth-order valence-corrected chi connectivity index (χ4v) is 3.14. The molecule has 0 atom stereocenters. The van der Waals surface area contributed by atoms with E-state index in [9.17, 15) is 4.79 Å². The topological polar surface area (TPSA) is 34.9 Å². The summed E-state index contributed by atoms with van der Waals surface area (Å²) in [4.78, 5) is 16.7. The van der Waals surface area contributed by atoms with Gasteiger partial charge in [0.1, 0.15) is 11.6 Å². The zero-order valence-electron chi connectivity index (χ0n) is 11.4. The molecule has 1 aromatic heterocycles. The second-order valence-corrected chi connectivity index (χ2v) is 5.65. The number of aryl methyl sites for hydroxylation is 1. The molecule has 1 aromatic carbocycles. The molecule has 1 aliphatic carbocycles. The Balaban J connectivity index is 1.73. The van der Waals surface area contributed by atoms with Gasteiger partial charge in [-0.15, -0.1) is 0 Å². The van der Waals surface area contributed by atoms with Crippen molar-refractivity contribution in [3.63, 3.8) is 0 Å². The maximum absolute atomic E-state index is 12.1. The molecule has 1 saturated carbocycles. The number of Topliss-reactive ketones (excluding diaryl/α,β-unsaturated/α-hetero) is 1. The average molecular weight is 256 g/mol. The van der Waals surface area contributed by atoms with Crippen LogP contribution in [0.5, 0.6) is 0 Å². The Morgan fingerprint density at radius 3 is 2.79 bits per heavy atom. The molecular weight excluding hydrogens is 236 g/mol. The standard InChI is InChI=1S/C16H20N2O/c1-18-15-9-5-4-8-14(15)17-16(18)11-13(19)10-12-6-2-3-7-12/h4-5,8-9,12H,2-3,6-7,10-11H2,1H3. The molecule has 2 aromatic rings. The average Bonchev–Trinajstić information content (AvgIpc) is 3.00. The fraction of sp³-hybridized carbons (Fsp3) is 0.500. The number of carbonyl (C=O) groups excluding carboxylic acids is 1. The number of para-hydroxylation sites is 2. The van der Waals surface area contributed by atoms with Gasteiger partial charge in [0.05, 0.1) is 17.5 Å². The van der Waals surface area contributed by atoms with E-state index >= 15 is 0 Å². The summed E-state index contributed by atoms with van der Waals surface area (Å²) in [6, 6.07) is 8.04. The molecule has 19 heavy (non-hydrogen) atoms. The van der Waals surface area contributed by atoms with E-state index in [2.05, 4.69) is 4.98 Å². The summed E-state index contributed by atoms with van der Waals surface area (Å²) in [6.45, 7) is 0. The van der Waals surface area contributed by atoms with E-state index in [0.717, 1.165) is 23.3 Å². The lowest BCUT2D eigenvalue weighted by molar-refractivity contribution is -0.119. The van der Waals surface area contributed by atoms with Crippen molar-refractivity contribution in [2.75, 3.05) is 0 Å². The highest BCUT2D eigenvalue weighted by atomic mass is 16.1. The first-order valence-electron chi connectivity index (χ1n) is 7.16. The molecule has 3 heteroatoms. The van der Waals surface area contributed by atoms with Gasteiger partial charge in [0.15, 0.2) is 0 Å². The Morgan fingerprint density at radius 2 is 2.05 bits per heavy atom. The van der Waals surface area contributed by atoms with Gasteiger partial charge in [-0.25, -0.2) is 4.98 Å². The molecule has 0 radical (unpaired) electrons. The van der Waals surface area contributed by atoms with E-state index in [1.165, 1.54) is 25.7 Å². The first kappa shape index (κ1) is 12.4. The van der Waals surface area contributed by atoms with Crippen LogP contribution in [0.2, 0.25) is 0 Å². The van der Waals surface area contributed by atoms with Crippen molar-refractivity contribution in [1.29, 1.82) is 0 Å². The zero-order chi connectivity index (χ0) is 13.2. The summed E-state index contributed by atoms with van der Waals surface area (Å²) in [5.74, 6) is 1.86. The summed E-state index contributed by atoms with van der Waals surface area (Å²) >= 11 is 0. The van der Waals surface area contributed by atoms with Gasteiger partial charge >= 0.3 is 0 Å². The smallest absolute Gasteiger partial charge is 0.140 e. The fourth-order valence-electron chi connectivity index (χ4n) is 3.14. The molecule has 0 unspecified atom stereocenters. The lowest BCUT2D eigenvalue weighted by Crippen LogP contribution is -2.11. The molecule has 0 saturated heterocycles. The Bertz CT molecular complexity index is 594. The minimum Gasteiger partial charge on any atom is -0.331 e. The number of nitrogens with zero attached hydrogens (tertiary/aromatic N) is 2. The SMILES string of the molecule is Cn1c(CC(=O)CC2CCCC2)nc2ccccc21. The summed E-state index contributed by atoms with van der Waals surface area (Å²) < 4.78 is 2.04. The maximum atomic E-state index is 12.1. The second kappa shape index (κ2) is 5.16. The van der Waals surface area contributed by atoms with Crippen LogP contribution in [0.25, 0.3) is 11.0 Å².